The topological polar surface area (TPSA) is 101 Å². The number of sulfonamides is 1. The molecule has 1 aromatic heterocycles. The van der Waals surface area contributed by atoms with Crippen molar-refractivity contribution < 1.29 is 13.2 Å². The van der Waals surface area contributed by atoms with Crippen molar-refractivity contribution in [3.05, 3.63) is 45.5 Å². The number of anilines is 1. The van der Waals surface area contributed by atoms with Crippen LogP contribution in [0.1, 0.15) is 42.5 Å². The maximum absolute atomic E-state index is 12.4. The summed E-state index contributed by atoms with van der Waals surface area (Å²) in [5, 5.41) is 10.5. The number of nitrogens with one attached hydrogen (secondary N) is 2. The molecular formula is C17H18Cl2N4O3S2. The van der Waals surface area contributed by atoms with Gasteiger partial charge in [-0.1, -0.05) is 46.2 Å². The van der Waals surface area contributed by atoms with E-state index in [-0.39, 0.29) is 20.1 Å². The highest BCUT2D eigenvalue weighted by Crippen LogP contribution is 2.24. The summed E-state index contributed by atoms with van der Waals surface area (Å²) in [4.78, 5) is 12.3. The van der Waals surface area contributed by atoms with Crippen LogP contribution in [-0.4, -0.2) is 31.1 Å². The zero-order valence-electron chi connectivity index (χ0n) is 14.7. The second kappa shape index (κ2) is 9.32. The zero-order chi connectivity index (χ0) is 20.1. The van der Waals surface area contributed by atoms with Crippen molar-refractivity contribution in [3.8, 4) is 0 Å². The van der Waals surface area contributed by atoms with E-state index in [9.17, 15) is 13.2 Å². The Morgan fingerprint density at radius 1 is 1.21 bits per heavy atom. The Balaban J connectivity index is 1.60. The first-order valence-electron chi connectivity index (χ1n) is 8.62. The molecular weight excluding hydrogens is 443 g/mol. The van der Waals surface area contributed by atoms with Crippen molar-refractivity contribution in [2.45, 2.75) is 36.4 Å². The Hall–Kier alpha value is -1.52. The molecule has 0 bridgehead atoms. The lowest BCUT2D eigenvalue weighted by atomic mass is 9.97. The van der Waals surface area contributed by atoms with Crippen LogP contribution in [0.25, 0.3) is 0 Å². The number of amides is 1. The van der Waals surface area contributed by atoms with E-state index in [4.69, 9.17) is 23.2 Å². The van der Waals surface area contributed by atoms with Gasteiger partial charge < -0.3 is 0 Å². The smallest absolute Gasteiger partial charge is 0.269 e. The fraction of sp³-hybridized carbons (Fsp3) is 0.353. The molecule has 150 valence electrons. The van der Waals surface area contributed by atoms with Crippen LogP contribution in [-0.2, 0) is 10.0 Å². The molecule has 0 radical (unpaired) electrons. The number of aromatic nitrogens is 2. The maximum atomic E-state index is 12.4. The van der Waals surface area contributed by atoms with Gasteiger partial charge in [-0.2, -0.15) is 0 Å². The molecule has 2 aromatic rings. The number of carbonyl (C=O) groups is 1. The molecule has 0 atom stereocenters. The van der Waals surface area contributed by atoms with Gasteiger partial charge in [0.15, 0.2) is 0 Å². The normalized spacial score (nSPS) is 14.6. The summed E-state index contributed by atoms with van der Waals surface area (Å²) < 4.78 is 27.0. The van der Waals surface area contributed by atoms with Gasteiger partial charge in [-0.15, -0.1) is 10.2 Å². The molecule has 0 saturated carbocycles. The van der Waals surface area contributed by atoms with Gasteiger partial charge in [0, 0.05) is 11.6 Å². The summed E-state index contributed by atoms with van der Waals surface area (Å²) in [6, 6.07) is 4.45. The average molecular weight is 461 g/mol. The standard InChI is InChI=1S/C17H18Cl2N4O3S2/c18-12-6-7-13(14(19)10-12)15(24)21-16-22-23-17(27-16)28(25,26)20-9-8-11-4-2-1-3-5-11/h4,6-7,10,20H,1-3,5,8-9H2,(H,21,22,24). The van der Waals surface area contributed by atoms with E-state index in [1.54, 1.807) is 0 Å². The number of hydrogen-bond donors (Lipinski definition) is 2. The van der Waals surface area contributed by atoms with Crippen molar-refractivity contribution in [3.63, 3.8) is 0 Å². The summed E-state index contributed by atoms with van der Waals surface area (Å²) in [5.74, 6) is -0.529. The monoisotopic (exact) mass is 460 g/mol. The minimum absolute atomic E-state index is 0.0615. The molecule has 1 aliphatic rings. The van der Waals surface area contributed by atoms with Crippen molar-refractivity contribution >= 4 is 55.6 Å². The van der Waals surface area contributed by atoms with Gasteiger partial charge in [0.25, 0.3) is 15.9 Å². The van der Waals surface area contributed by atoms with E-state index in [2.05, 4.69) is 26.3 Å². The molecule has 0 aliphatic heterocycles. The van der Waals surface area contributed by atoms with Crippen LogP contribution in [0, 0.1) is 0 Å². The predicted octanol–water partition coefficient (Wildman–Crippen LogP) is 4.27. The third kappa shape index (κ3) is 5.51. The van der Waals surface area contributed by atoms with Gasteiger partial charge in [0.05, 0.1) is 10.6 Å². The minimum atomic E-state index is -3.78. The molecule has 0 spiro atoms. The number of allylic oxidation sites excluding steroid dienone is 1. The molecule has 28 heavy (non-hydrogen) atoms. The number of rotatable bonds is 7. The molecule has 3 rings (SSSR count). The van der Waals surface area contributed by atoms with E-state index in [0.717, 1.165) is 30.6 Å². The van der Waals surface area contributed by atoms with Crippen molar-refractivity contribution in [2.24, 2.45) is 0 Å². The Kier molecular flexibility index (Phi) is 7.05. The van der Waals surface area contributed by atoms with Gasteiger partial charge in [0.2, 0.25) is 9.47 Å². The fourth-order valence-electron chi connectivity index (χ4n) is 2.75. The van der Waals surface area contributed by atoms with E-state index in [0.29, 0.717) is 18.0 Å². The third-order valence-electron chi connectivity index (χ3n) is 4.16. The Bertz CT molecular complexity index is 1010. The first kappa shape index (κ1) is 21.2. The lowest BCUT2D eigenvalue weighted by molar-refractivity contribution is 0.102. The van der Waals surface area contributed by atoms with Crippen LogP contribution in [0.3, 0.4) is 0 Å². The van der Waals surface area contributed by atoms with Crippen LogP contribution >= 0.6 is 34.5 Å². The van der Waals surface area contributed by atoms with Crippen LogP contribution in [0.5, 0.6) is 0 Å². The zero-order valence-corrected chi connectivity index (χ0v) is 17.9. The molecule has 1 aromatic carbocycles. The highest BCUT2D eigenvalue weighted by atomic mass is 35.5. The second-order valence-corrected chi connectivity index (χ2v) is 9.97. The van der Waals surface area contributed by atoms with E-state index >= 15 is 0 Å². The number of benzene rings is 1. The van der Waals surface area contributed by atoms with Crippen LogP contribution in [0.4, 0.5) is 5.13 Å². The Labute approximate surface area is 177 Å². The summed E-state index contributed by atoms with van der Waals surface area (Å²) in [5.41, 5.74) is 1.48. The highest BCUT2D eigenvalue weighted by Gasteiger charge is 2.21. The fourth-order valence-corrected chi connectivity index (χ4v) is 5.21. The summed E-state index contributed by atoms with van der Waals surface area (Å²) >= 11 is 12.6. The van der Waals surface area contributed by atoms with Gasteiger partial charge in [-0.3, -0.25) is 10.1 Å². The molecule has 0 fully saturated rings. The summed E-state index contributed by atoms with van der Waals surface area (Å²) in [7, 11) is -3.78. The Morgan fingerprint density at radius 3 is 2.75 bits per heavy atom. The maximum Gasteiger partial charge on any atom is 0.269 e. The Morgan fingerprint density at radius 2 is 2.04 bits per heavy atom. The molecule has 1 heterocycles. The second-order valence-electron chi connectivity index (χ2n) is 6.21. The SMILES string of the molecule is O=C(Nc1nnc(S(=O)(=O)NCCC2=CCCCC2)s1)c1ccc(Cl)cc1Cl. The lowest BCUT2D eigenvalue weighted by Crippen LogP contribution is -2.25. The predicted molar refractivity (Wildman–Crippen MR) is 111 cm³/mol. The molecule has 1 aliphatic carbocycles. The van der Waals surface area contributed by atoms with Gasteiger partial charge >= 0.3 is 0 Å². The third-order valence-corrected chi connectivity index (χ3v) is 7.37. The number of nitrogens with zero attached hydrogens (tertiary/aromatic N) is 2. The van der Waals surface area contributed by atoms with Crippen molar-refractivity contribution in [2.75, 3.05) is 11.9 Å². The highest BCUT2D eigenvalue weighted by molar-refractivity contribution is 7.91. The number of halogens is 2. The molecule has 0 saturated heterocycles. The average Bonchev–Trinajstić information content (AvgIpc) is 3.12. The first-order chi connectivity index (χ1) is 13.3. The van der Waals surface area contributed by atoms with E-state index in [1.165, 1.54) is 30.2 Å². The summed E-state index contributed by atoms with van der Waals surface area (Å²) in [6.07, 6.45) is 7.27. The number of carbonyl (C=O) groups excluding carboxylic acids is 1. The summed E-state index contributed by atoms with van der Waals surface area (Å²) in [6.45, 7) is 0.301. The number of hydrogen-bond acceptors (Lipinski definition) is 6. The molecule has 11 heteroatoms. The van der Waals surface area contributed by atoms with Crippen LogP contribution in [0.2, 0.25) is 10.0 Å². The van der Waals surface area contributed by atoms with Gasteiger partial charge in [-0.05, 0) is 50.3 Å². The van der Waals surface area contributed by atoms with Gasteiger partial charge in [-0.25, -0.2) is 13.1 Å². The molecule has 2 N–H and O–H groups in total. The van der Waals surface area contributed by atoms with Crippen molar-refractivity contribution in [1.82, 2.24) is 14.9 Å². The largest absolute Gasteiger partial charge is 0.296 e. The van der Waals surface area contributed by atoms with Crippen LogP contribution < -0.4 is 10.0 Å². The minimum Gasteiger partial charge on any atom is -0.296 e. The van der Waals surface area contributed by atoms with Gasteiger partial charge in [0.1, 0.15) is 0 Å². The van der Waals surface area contributed by atoms with E-state index < -0.39 is 15.9 Å². The molecule has 0 unspecified atom stereocenters. The first-order valence-corrected chi connectivity index (χ1v) is 11.7. The lowest BCUT2D eigenvalue weighted by Gasteiger charge is -2.12. The van der Waals surface area contributed by atoms with E-state index in [1.807, 2.05) is 0 Å². The quantitative estimate of drug-likeness (QED) is 0.474. The van der Waals surface area contributed by atoms with Crippen LogP contribution in [0.15, 0.2) is 34.2 Å². The van der Waals surface area contributed by atoms with Crippen molar-refractivity contribution in [1.29, 1.82) is 0 Å². The molecule has 1 amide bonds. The molecule has 7 nitrogen and oxygen atoms in total.